The van der Waals surface area contributed by atoms with E-state index in [1.165, 1.54) is 23.7 Å². The number of benzene rings is 10. The Kier molecular flexibility index (Phi) is 35.2. The summed E-state index contributed by atoms with van der Waals surface area (Å²) in [5, 5.41) is 16.6. The highest BCUT2D eigenvalue weighted by atomic mass is 32.1. The predicted molar refractivity (Wildman–Crippen MR) is 520 cm³/mol. The molecule has 0 aliphatic rings. The Morgan fingerprint density at radius 3 is 0.992 bits per heavy atom. The van der Waals surface area contributed by atoms with Crippen LogP contribution in [0.3, 0.4) is 0 Å². The highest BCUT2D eigenvalue weighted by Gasteiger charge is 2.24. The van der Waals surface area contributed by atoms with Crippen LogP contribution in [-0.4, -0.2) is 78.4 Å². The summed E-state index contributed by atoms with van der Waals surface area (Å²) in [5.74, 6) is -1.25. The van der Waals surface area contributed by atoms with Gasteiger partial charge in [0, 0.05) is 96.5 Å². The summed E-state index contributed by atoms with van der Waals surface area (Å²) in [6, 6.07) is 87.8. The summed E-state index contributed by atoms with van der Waals surface area (Å²) >= 11 is 1.37. The standard InChI is InChI=1S/4C22H20N2O2.C21H19NO2S.CH4/c1-15-7-5-9-17(13-15)14-20(25)21-19(11-6-12-23-21)24-22(26)18-10-4-3-8-16(18)2;1-15-7-5-9-17(13-15)14-20(25)19-11-6-12-23-21(19)24-22(26)18-10-4-3-8-16(18)2;1-15-6-5-8-17(12-15)13-21(25)19-14-23-11-10-20(19)24-22(26)18-9-4-3-7-16(18)2;1-15-6-5-8-17(12-15)13-21(25)19-10-11-23-14-20(19)24-22(26)18-9-4-3-7-16(18)2;1-14-6-5-8-16(12-14)13-19(23)18-10-11-25-21(18)22-20(24)17-9-4-3-7-15(17)2;/h3-13H,14H2,1-2H3,(H,24,26);3-13H,14H2,1-2H3,(H,23,24,26);3-12,14H,13H2,1-2H3,(H,23,24,26);3-12,14H,13H2,1-2H3,(H,24,26);3-12H,13H2,1-2H3,(H,22,24);1H4. The molecular weight excluding hydrogens is 1640 g/mol. The van der Waals surface area contributed by atoms with Crippen LogP contribution in [-0.2, 0) is 32.1 Å². The Bertz CT molecular complexity index is 5980. The van der Waals surface area contributed by atoms with Crippen molar-refractivity contribution in [2.24, 2.45) is 0 Å². The monoisotopic (exact) mass is 1740 g/mol. The van der Waals surface area contributed by atoms with Gasteiger partial charge < -0.3 is 26.6 Å². The van der Waals surface area contributed by atoms with E-state index >= 15 is 0 Å². The predicted octanol–water partition coefficient (Wildman–Crippen LogP) is 23.2. The molecule has 15 aromatic rings. The molecule has 130 heavy (non-hydrogen) atoms. The molecule has 0 spiro atoms. The van der Waals surface area contributed by atoms with E-state index in [4.69, 9.17) is 0 Å². The smallest absolute Gasteiger partial charge is 0.257 e. The topological polar surface area (TPSA) is 282 Å². The molecule has 5 aromatic heterocycles. The molecule has 20 heteroatoms. The zero-order chi connectivity index (χ0) is 91.9. The summed E-state index contributed by atoms with van der Waals surface area (Å²) in [4.78, 5) is 143. The largest absolute Gasteiger partial charge is 0.321 e. The molecule has 0 saturated heterocycles. The first-order valence-corrected chi connectivity index (χ1v) is 42.7. The Hall–Kier alpha value is -15.8. The van der Waals surface area contributed by atoms with Gasteiger partial charge in [-0.15, -0.1) is 11.3 Å². The third kappa shape index (κ3) is 27.8. The maximum atomic E-state index is 12.8. The van der Waals surface area contributed by atoms with Crippen molar-refractivity contribution in [3.8, 4) is 0 Å². The Morgan fingerprint density at radius 2 is 0.577 bits per heavy atom. The number of carbonyl (C=O) groups is 10. The first-order valence-electron chi connectivity index (χ1n) is 41.9. The van der Waals surface area contributed by atoms with Crippen LogP contribution >= 0.6 is 11.3 Å². The van der Waals surface area contributed by atoms with E-state index < -0.39 is 0 Å². The van der Waals surface area contributed by atoms with Crippen molar-refractivity contribution in [1.82, 2.24) is 19.9 Å². The molecule has 5 amide bonds. The van der Waals surface area contributed by atoms with E-state index in [0.717, 1.165) is 83.5 Å². The van der Waals surface area contributed by atoms with Crippen LogP contribution < -0.4 is 26.6 Å². The van der Waals surface area contributed by atoms with Gasteiger partial charge >= 0.3 is 0 Å². The summed E-state index contributed by atoms with van der Waals surface area (Å²) in [6.07, 6.45) is 10.6. The number of pyridine rings is 4. The lowest BCUT2D eigenvalue weighted by Gasteiger charge is -2.11. The van der Waals surface area contributed by atoms with Crippen molar-refractivity contribution in [2.45, 2.75) is 109 Å². The highest BCUT2D eigenvalue weighted by molar-refractivity contribution is 7.14. The zero-order valence-electron chi connectivity index (χ0n) is 73.5. The molecule has 0 fully saturated rings. The zero-order valence-corrected chi connectivity index (χ0v) is 74.3. The molecule has 0 bridgehead atoms. The lowest BCUT2D eigenvalue weighted by molar-refractivity contribution is 0.0980. The molecule has 19 nitrogen and oxygen atoms in total. The van der Waals surface area contributed by atoms with Gasteiger partial charge in [-0.2, -0.15) is 0 Å². The number of ketones is 5. The molecule has 0 atom stereocenters. The Balaban J connectivity index is 0.000000169. The first kappa shape index (κ1) is 96.4. The number of hydrogen-bond acceptors (Lipinski definition) is 15. The maximum Gasteiger partial charge on any atom is 0.257 e. The normalized spacial score (nSPS) is 10.3. The second-order valence-electron chi connectivity index (χ2n) is 31.1. The number of rotatable bonds is 25. The molecule has 0 radical (unpaired) electrons. The van der Waals surface area contributed by atoms with Gasteiger partial charge in [0.15, 0.2) is 28.9 Å². The molecule has 654 valence electrons. The minimum Gasteiger partial charge on any atom is -0.321 e. The number of hydrogen-bond donors (Lipinski definition) is 5. The van der Waals surface area contributed by atoms with Gasteiger partial charge in [-0.3, -0.25) is 62.9 Å². The maximum absolute atomic E-state index is 12.8. The quantitative estimate of drug-likeness (QED) is 0.0333. The van der Waals surface area contributed by atoms with Crippen LogP contribution in [0.25, 0.3) is 0 Å². The molecule has 0 aliphatic carbocycles. The molecular formula is C110H103N9O10S. The number of Topliss-reactive ketones (excluding diaryl/α,β-unsaturated/α-hetero) is 5. The van der Waals surface area contributed by atoms with Crippen molar-refractivity contribution in [1.29, 1.82) is 0 Å². The van der Waals surface area contributed by atoms with E-state index in [2.05, 4.69) is 46.5 Å². The van der Waals surface area contributed by atoms with Gasteiger partial charge in [-0.25, -0.2) is 4.98 Å². The number of aromatic nitrogens is 4. The van der Waals surface area contributed by atoms with Gasteiger partial charge in [0.05, 0.1) is 39.9 Å². The second kappa shape index (κ2) is 47.5. The van der Waals surface area contributed by atoms with E-state index in [-0.39, 0.29) is 97.3 Å². The molecule has 15 rings (SSSR count). The lowest BCUT2D eigenvalue weighted by atomic mass is 10.0. The molecule has 0 unspecified atom stereocenters. The van der Waals surface area contributed by atoms with E-state index in [0.29, 0.717) is 84.4 Å². The van der Waals surface area contributed by atoms with Crippen LogP contribution in [0.2, 0.25) is 0 Å². The first-order chi connectivity index (χ1) is 62.2. The minimum absolute atomic E-state index is 0. The summed E-state index contributed by atoms with van der Waals surface area (Å²) in [5.41, 5.74) is 21.1. The van der Waals surface area contributed by atoms with Crippen molar-refractivity contribution >= 4 is 97.7 Å². The van der Waals surface area contributed by atoms with Crippen LogP contribution in [0.4, 0.5) is 27.9 Å². The van der Waals surface area contributed by atoms with Crippen LogP contribution in [0, 0.1) is 69.2 Å². The third-order valence-electron chi connectivity index (χ3n) is 20.8. The fraction of sp³-hybridized carbons (Fsp3) is 0.145. The van der Waals surface area contributed by atoms with Gasteiger partial charge in [0.1, 0.15) is 16.5 Å². The molecule has 0 aliphatic heterocycles. The van der Waals surface area contributed by atoms with Gasteiger partial charge in [-0.1, -0.05) is 248 Å². The summed E-state index contributed by atoms with van der Waals surface area (Å²) in [7, 11) is 0. The van der Waals surface area contributed by atoms with Gasteiger partial charge in [0.25, 0.3) is 29.5 Å². The number of nitrogens with one attached hydrogen (secondary N) is 5. The minimum atomic E-state index is -0.272. The molecule has 5 N–H and O–H groups in total. The average molecular weight is 1740 g/mol. The fourth-order valence-electron chi connectivity index (χ4n) is 14.1. The van der Waals surface area contributed by atoms with E-state index in [9.17, 15) is 47.9 Å². The van der Waals surface area contributed by atoms with Crippen molar-refractivity contribution < 1.29 is 47.9 Å². The van der Waals surface area contributed by atoms with Crippen molar-refractivity contribution in [3.63, 3.8) is 0 Å². The van der Waals surface area contributed by atoms with Crippen LogP contribution in [0.15, 0.2) is 328 Å². The fourth-order valence-corrected chi connectivity index (χ4v) is 14.9. The van der Waals surface area contributed by atoms with Crippen LogP contribution in [0.1, 0.15) is 195 Å². The highest BCUT2D eigenvalue weighted by Crippen LogP contribution is 2.29. The van der Waals surface area contributed by atoms with Gasteiger partial charge in [-0.05, 0) is 203 Å². The second-order valence-corrected chi connectivity index (χ2v) is 32.0. The average Bonchev–Trinajstić information content (AvgIpc) is 1.31. The molecule has 0 saturated carbocycles. The molecule has 5 heterocycles. The Labute approximate surface area is 763 Å². The number of aryl methyl sites for hydroxylation is 10. The Morgan fingerprint density at radius 1 is 0.254 bits per heavy atom. The van der Waals surface area contributed by atoms with E-state index in [1.807, 2.05) is 287 Å². The van der Waals surface area contributed by atoms with Gasteiger partial charge in [0.2, 0.25) is 0 Å². The van der Waals surface area contributed by atoms with Crippen molar-refractivity contribution in [3.05, 3.63) is 467 Å². The number of anilines is 5. The number of thiophene rings is 1. The molecule has 10 aromatic carbocycles. The third-order valence-corrected chi connectivity index (χ3v) is 21.6. The lowest BCUT2D eigenvalue weighted by Crippen LogP contribution is -2.17. The number of nitrogens with zero attached hydrogens (tertiary/aromatic N) is 4. The van der Waals surface area contributed by atoms with E-state index in [1.54, 1.807) is 97.6 Å². The summed E-state index contributed by atoms with van der Waals surface area (Å²) in [6.45, 7) is 19.4. The number of amides is 5. The summed E-state index contributed by atoms with van der Waals surface area (Å²) < 4.78 is 0. The van der Waals surface area contributed by atoms with Crippen LogP contribution in [0.5, 0.6) is 0 Å². The SMILES string of the molecule is C.Cc1cccc(CC(=O)c2cccnc2NC(=O)c2ccccc2C)c1.Cc1cccc(CC(=O)c2ccncc2NC(=O)c2ccccc2C)c1.Cc1cccc(CC(=O)c2ccsc2NC(=O)c2ccccc2C)c1.Cc1cccc(CC(=O)c2cnccc2NC(=O)c2ccccc2C)c1.Cc1cccc(CC(=O)c2ncccc2NC(=O)c2ccccc2C)c1. The number of carbonyl (C=O) groups excluding carboxylic acids is 10. The van der Waals surface area contributed by atoms with Crippen molar-refractivity contribution in [2.75, 3.05) is 26.6 Å².